The molecular formula is C14H14F3N3. The minimum Gasteiger partial charge on any atom is -0.354 e. The molecule has 0 spiro atoms. The van der Waals surface area contributed by atoms with Gasteiger partial charge in [-0.1, -0.05) is 30.3 Å². The molecule has 0 atom stereocenters. The van der Waals surface area contributed by atoms with E-state index in [9.17, 15) is 13.2 Å². The van der Waals surface area contributed by atoms with Gasteiger partial charge in [0.15, 0.2) is 0 Å². The third-order valence-corrected chi connectivity index (χ3v) is 2.68. The Morgan fingerprint density at radius 2 is 1.80 bits per heavy atom. The van der Waals surface area contributed by atoms with E-state index in [1.807, 2.05) is 30.3 Å². The van der Waals surface area contributed by atoms with Crippen molar-refractivity contribution in [2.24, 2.45) is 0 Å². The minimum atomic E-state index is -4.45. The molecule has 3 nitrogen and oxygen atoms in total. The van der Waals surface area contributed by atoms with E-state index in [0.29, 0.717) is 13.0 Å². The predicted molar refractivity (Wildman–Crippen MR) is 70.4 cm³/mol. The van der Waals surface area contributed by atoms with E-state index < -0.39 is 11.9 Å². The highest BCUT2D eigenvalue weighted by molar-refractivity contribution is 5.29. The molecule has 1 heterocycles. The maximum absolute atomic E-state index is 12.6. The van der Waals surface area contributed by atoms with Crippen LogP contribution in [0.2, 0.25) is 0 Å². The summed E-state index contributed by atoms with van der Waals surface area (Å²) in [5, 5.41) is 2.82. The molecule has 6 heteroatoms. The number of aromatic nitrogens is 2. The van der Waals surface area contributed by atoms with Crippen LogP contribution in [0, 0.1) is 6.92 Å². The molecule has 20 heavy (non-hydrogen) atoms. The zero-order valence-electron chi connectivity index (χ0n) is 10.9. The van der Waals surface area contributed by atoms with Gasteiger partial charge in [-0.25, -0.2) is 9.97 Å². The number of hydrogen-bond acceptors (Lipinski definition) is 3. The highest BCUT2D eigenvalue weighted by atomic mass is 19.4. The van der Waals surface area contributed by atoms with Crippen LogP contribution in [0.25, 0.3) is 0 Å². The molecule has 0 unspecified atom stereocenters. The van der Waals surface area contributed by atoms with Gasteiger partial charge in [-0.2, -0.15) is 13.2 Å². The van der Waals surface area contributed by atoms with Gasteiger partial charge in [0.1, 0.15) is 5.69 Å². The Labute approximate surface area is 114 Å². The second-order valence-corrected chi connectivity index (χ2v) is 4.38. The molecule has 0 aliphatic carbocycles. The van der Waals surface area contributed by atoms with E-state index in [-0.39, 0.29) is 11.6 Å². The van der Waals surface area contributed by atoms with Crippen molar-refractivity contribution in [3.8, 4) is 0 Å². The molecule has 0 aliphatic heterocycles. The van der Waals surface area contributed by atoms with Crippen LogP contribution in [0.3, 0.4) is 0 Å². The molecule has 106 valence electrons. The van der Waals surface area contributed by atoms with E-state index in [1.165, 1.54) is 6.92 Å². The quantitative estimate of drug-likeness (QED) is 0.932. The van der Waals surface area contributed by atoms with Crippen molar-refractivity contribution < 1.29 is 13.2 Å². The maximum atomic E-state index is 12.6. The summed E-state index contributed by atoms with van der Waals surface area (Å²) in [4.78, 5) is 7.45. The lowest BCUT2D eigenvalue weighted by Gasteiger charge is -2.10. The molecule has 0 saturated heterocycles. The van der Waals surface area contributed by atoms with Gasteiger partial charge in [0.2, 0.25) is 5.95 Å². The SMILES string of the molecule is Cc1cc(C(F)(F)F)nc(NCCc2ccccc2)n1. The van der Waals surface area contributed by atoms with Crippen LogP contribution >= 0.6 is 0 Å². The largest absolute Gasteiger partial charge is 0.433 e. The third kappa shape index (κ3) is 3.94. The van der Waals surface area contributed by atoms with Gasteiger partial charge in [-0.15, -0.1) is 0 Å². The number of rotatable bonds is 4. The molecule has 1 aromatic heterocycles. The Morgan fingerprint density at radius 3 is 2.45 bits per heavy atom. The van der Waals surface area contributed by atoms with Gasteiger partial charge in [-0.3, -0.25) is 0 Å². The van der Waals surface area contributed by atoms with Crippen LogP contribution in [-0.4, -0.2) is 16.5 Å². The first-order chi connectivity index (χ1) is 9.45. The lowest BCUT2D eigenvalue weighted by Crippen LogP contribution is -2.14. The highest BCUT2D eigenvalue weighted by Gasteiger charge is 2.33. The van der Waals surface area contributed by atoms with Crippen molar-refractivity contribution in [1.29, 1.82) is 0 Å². The predicted octanol–water partition coefficient (Wildman–Crippen LogP) is 3.46. The van der Waals surface area contributed by atoms with Crippen molar-refractivity contribution in [3.05, 3.63) is 53.3 Å². The average Bonchev–Trinajstić information content (AvgIpc) is 2.38. The van der Waals surface area contributed by atoms with Gasteiger partial charge < -0.3 is 5.32 Å². The summed E-state index contributed by atoms with van der Waals surface area (Å²) in [7, 11) is 0. The van der Waals surface area contributed by atoms with Gasteiger partial charge in [0.25, 0.3) is 0 Å². The molecule has 2 aromatic rings. The number of alkyl halides is 3. The summed E-state index contributed by atoms with van der Waals surface area (Å²) in [5.74, 6) is 0.00764. The maximum Gasteiger partial charge on any atom is 0.433 e. The zero-order valence-corrected chi connectivity index (χ0v) is 10.9. The van der Waals surface area contributed by atoms with Crippen LogP contribution < -0.4 is 5.32 Å². The smallest absolute Gasteiger partial charge is 0.354 e. The summed E-state index contributed by atoms with van der Waals surface area (Å²) >= 11 is 0. The number of halogens is 3. The van der Waals surface area contributed by atoms with Crippen molar-refractivity contribution in [2.45, 2.75) is 19.5 Å². The summed E-state index contributed by atoms with van der Waals surface area (Å²) in [6, 6.07) is 10.6. The molecule has 1 N–H and O–H groups in total. The lowest BCUT2D eigenvalue weighted by molar-refractivity contribution is -0.141. The van der Waals surface area contributed by atoms with Gasteiger partial charge >= 0.3 is 6.18 Å². The van der Waals surface area contributed by atoms with E-state index in [4.69, 9.17) is 0 Å². The van der Waals surface area contributed by atoms with Gasteiger partial charge in [-0.05, 0) is 25.0 Å². The standard InChI is InChI=1S/C14H14F3N3/c1-10-9-12(14(15,16)17)20-13(19-10)18-8-7-11-5-3-2-4-6-11/h2-6,9H,7-8H2,1H3,(H,18,19,20). The monoisotopic (exact) mass is 281 g/mol. The average molecular weight is 281 g/mol. The number of nitrogens with one attached hydrogen (secondary N) is 1. The molecule has 0 aliphatic rings. The first-order valence-electron chi connectivity index (χ1n) is 6.16. The Hall–Kier alpha value is -2.11. The van der Waals surface area contributed by atoms with Crippen molar-refractivity contribution in [1.82, 2.24) is 9.97 Å². The summed E-state index contributed by atoms with van der Waals surface area (Å²) in [6.07, 6.45) is -3.76. The normalized spacial score (nSPS) is 11.4. The summed E-state index contributed by atoms with van der Waals surface area (Å²) in [5.41, 5.74) is 0.463. The fourth-order valence-electron chi connectivity index (χ4n) is 1.76. The fraction of sp³-hybridized carbons (Fsp3) is 0.286. The van der Waals surface area contributed by atoms with E-state index in [0.717, 1.165) is 11.6 Å². The van der Waals surface area contributed by atoms with Crippen LogP contribution in [0.15, 0.2) is 36.4 Å². The van der Waals surface area contributed by atoms with Crippen LogP contribution in [-0.2, 0) is 12.6 Å². The molecule has 0 amide bonds. The summed E-state index contributed by atoms with van der Waals surface area (Å²) < 4.78 is 37.9. The minimum absolute atomic E-state index is 0.00764. The molecule has 1 aromatic carbocycles. The zero-order chi connectivity index (χ0) is 14.6. The number of hydrogen-bond donors (Lipinski definition) is 1. The van der Waals surface area contributed by atoms with E-state index in [2.05, 4.69) is 15.3 Å². The number of aryl methyl sites for hydroxylation is 1. The van der Waals surface area contributed by atoms with Crippen LogP contribution in [0.4, 0.5) is 19.1 Å². The number of anilines is 1. The number of benzene rings is 1. The topological polar surface area (TPSA) is 37.8 Å². The second-order valence-electron chi connectivity index (χ2n) is 4.38. The Morgan fingerprint density at radius 1 is 1.10 bits per heavy atom. The molecule has 0 saturated carbocycles. The molecular weight excluding hydrogens is 267 g/mol. The first kappa shape index (κ1) is 14.3. The van der Waals surface area contributed by atoms with Crippen molar-refractivity contribution in [2.75, 3.05) is 11.9 Å². The third-order valence-electron chi connectivity index (χ3n) is 2.68. The van der Waals surface area contributed by atoms with Gasteiger partial charge in [0.05, 0.1) is 0 Å². The van der Waals surface area contributed by atoms with Crippen molar-refractivity contribution in [3.63, 3.8) is 0 Å². The fourth-order valence-corrected chi connectivity index (χ4v) is 1.76. The highest BCUT2D eigenvalue weighted by Crippen LogP contribution is 2.28. The molecule has 0 bridgehead atoms. The molecule has 2 rings (SSSR count). The van der Waals surface area contributed by atoms with Crippen LogP contribution in [0.1, 0.15) is 17.0 Å². The Balaban J connectivity index is 2.01. The van der Waals surface area contributed by atoms with E-state index >= 15 is 0 Å². The summed E-state index contributed by atoms with van der Waals surface area (Å²) in [6.45, 7) is 1.99. The van der Waals surface area contributed by atoms with E-state index in [1.54, 1.807) is 0 Å². The van der Waals surface area contributed by atoms with Crippen molar-refractivity contribution >= 4 is 5.95 Å². The lowest BCUT2D eigenvalue weighted by atomic mass is 10.1. The van der Waals surface area contributed by atoms with Crippen LogP contribution in [0.5, 0.6) is 0 Å². The molecule has 0 fully saturated rings. The molecule has 0 radical (unpaired) electrons. The second kappa shape index (κ2) is 5.90. The Bertz CT molecular complexity index is 568. The first-order valence-corrected chi connectivity index (χ1v) is 6.16. The van der Waals surface area contributed by atoms with Gasteiger partial charge in [0, 0.05) is 12.2 Å². The number of nitrogens with zero attached hydrogens (tertiary/aromatic N) is 2. The Kier molecular flexibility index (Phi) is 4.22.